The predicted octanol–water partition coefficient (Wildman–Crippen LogP) is 5.08. The predicted molar refractivity (Wildman–Crippen MR) is 144 cm³/mol. The van der Waals surface area contributed by atoms with Crippen molar-refractivity contribution in [3.8, 4) is 0 Å². The molecule has 1 heterocycles. The van der Waals surface area contributed by atoms with Crippen LogP contribution in [-0.2, 0) is 14.8 Å². The number of piperidine rings is 1. The van der Waals surface area contributed by atoms with Gasteiger partial charge in [-0.3, -0.25) is 4.79 Å². The molecule has 196 valence electrons. The minimum atomic E-state index is -3.88. The Bertz CT molecular complexity index is 1420. The summed E-state index contributed by atoms with van der Waals surface area (Å²) >= 11 is 0. The molecule has 9 heteroatoms. The van der Waals surface area contributed by atoms with Crippen molar-refractivity contribution in [3.05, 3.63) is 71.8 Å². The van der Waals surface area contributed by atoms with Crippen LogP contribution in [0.5, 0.6) is 0 Å². The van der Waals surface area contributed by atoms with E-state index in [1.807, 2.05) is 52.0 Å². The third-order valence-electron chi connectivity index (χ3n) is 6.16. The number of hydrogen-bond donors (Lipinski definition) is 2. The Balaban J connectivity index is 1.51. The van der Waals surface area contributed by atoms with Gasteiger partial charge in [-0.25, -0.2) is 17.9 Å². The molecule has 0 unspecified atom stereocenters. The van der Waals surface area contributed by atoms with E-state index >= 15 is 0 Å². The van der Waals surface area contributed by atoms with Crippen LogP contribution in [0.2, 0.25) is 0 Å². The number of carbonyl (C=O) groups is 2. The van der Waals surface area contributed by atoms with E-state index in [0.29, 0.717) is 48.0 Å². The molecule has 0 radical (unpaired) electrons. The van der Waals surface area contributed by atoms with Gasteiger partial charge < -0.3 is 15.0 Å². The number of aryl methyl sites for hydroxylation is 1. The quantitative estimate of drug-likeness (QED) is 0.485. The van der Waals surface area contributed by atoms with Gasteiger partial charge in [0.15, 0.2) is 0 Å². The van der Waals surface area contributed by atoms with Crippen LogP contribution in [0.15, 0.2) is 65.6 Å². The molecular formula is C28H33N3O5S. The highest BCUT2D eigenvalue weighted by atomic mass is 32.2. The summed E-state index contributed by atoms with van der Waals surface area (Å²) < 4.78 is 35.0. The number of carbonyl (C=O) groups excluding carboxylic acids is 2. The maximum absolute atomic E-state index is 13.4. The fourth-order valence-electron chi connectivity index (χ4n) is 4.41. The van der Waals surface area contributed by atoms with Crippen LogP contribution in [0.3, 0.4) is 0 Å². The number of sulfonamides is 1. The topological polar surface area (TPSA) is 105 Å². The molecule has 2 amide bonds. The Morgan fingerprint density at radius 2 is 1.62 bits per heavy atom. The van der Waals surface area contributed by atoms with Gasteiger partial charge in [-0.2, -0.15) is 0 Å². The Morgan fingerprint density at radius 3 is 2.27 bits per heavy atom. The van der Waals surface area contributed by atoms with Gasteiger partial charge in [0.1, 0.15) is 5.60 Å². The van der Waals surface area contributed by atoms with Crippen molar-refractivity contribution in [2.45, 2.75) is 57.1 Å². The van der Waals surface area contributed by atoms with Crippen LogP contribution in [0.1, 0.15) is 49.5 Å². The third kappa shape index (κ3) is 6.47. The molecule has 3 aromatic carbocycles. The summed E-state index contributed by atoms with van der Waals surface area (Å²) in [5, 5.41) is 3.92. The lowest BCUT2D eigenvalue weighted by molar-refractivity contribution is 0.0203. The maximum atomic E-state index is 13.4. The summed E-state index contributed by atoms with van der Waals surface area (Å²) in [5.41, 5.74) is 1.50. The van der Waals surface area contributed by atoms with Gasteiger partial charge in [-0.1, -0.05) is 36.4 Å². The van der Waals surface area contributed by atoms with Crippen LogP contribution in [0.4, 0.5) is 10.5 Å². The first-order valence-corrected chi connectivity index (χ1v) is 13.8. The van der Waals surface area contributed by atoms with E-state index in [0.717, 1.165) is 5.56 Å². The van der Waals surface area contributed by atoms with Crippen molar-refractivity contribution in [2.24, 2.45) is 0 Å². The second kappa shape index (κ2) is 10.5. The van der Waals surface area contributed by atoms with E-state index in [9.17, 15) is 18.0 Å². The van der Waals surface area contributed by atoms with Crippen LogP contribution in [0, 0.1) is 6.92 Å². The molecule has 1 aliphatic heterocycles. The van der Waals surface area contributed by atoms with Crippen molar-refractivity contribution in [3.63, 3.8) is 0 Å². The summed E-state index contributed by atoms with van der Waals surface area (Å²) in [6.45, 7) is 8.19. The number of nitrogens with one attached hydrogen (secondary N) is 2. The molecule has 0 saturated carbocycles. The van der Waals surface area contributed by atoms with Crippen LogP contribution in [0.25, 0.3) is 10.8 Å². The lowest BCUT2D eigenvalue weighted by Crippen LogP contribution is -2.47. The first-order chi connectivity index (χ1) is 17.4. The van der Waals surface area contributed by atoms with Crippen molar-refractivity contribution < 1.29 is 22.7 Å². The largest absolute Gasteiger partial charge is 0.444 e. The number of fused-ring (bicyclic) bond motifs is 1. The average Bonchev–Trinajstić information content (AvgIpc) is 2.82. The highest BCUT2D eigenvalue weighted by Gasteiger charge is 2.30. The molecule has 1 aliphatic rings. The van der Waals surface area contributed by atoms with Gasteiger partial charge in [0, 0.05) is 35.8 Å². The minimum absolute atomic E-state index is 0.116. The van der Waals surface area contributed by atoms with Crippen LogP contribution >= 0.6 is 0 Å². The highest BCUT2D eigenvalue weighted by molar-refractivity contribution is 7.89. The standard InChI is InChI=1S/C28H33N3O5S/c1-19-8-7-9-21(18-19)29-26(32)24-12-13-25(23-11-6-5-10-22(23)24)37(34,35)30-20-14-16-31(17-15-20)27(33)36-28(2,3)4/h5-13,18,20,30H,14-17H2,1-4H3,(H,29,32). The van der Waals surface area contributed by atoms with Gasteiger partial charge in [-0.15, -0.1) is 0 Å². The molecule has 37 heavy (non-hydrogen) atoms. The average molecular weight is 524 g/mol. The third-order valence-corrected chi connectivity index (χ3v) is 7.74. The first kappa shape index (κ1) is 26.6. The molecule has 4 rings (SSSR count). The lowest BCUT2D eigenvalue weighted by atomic mass is 10.0. The Hall–Kier alpha value is -3.43. The van der Waals surface area contributed by atoms with Gasteiger partial charge in [0.25, 0.3) is 5.91 Å². The molecule has 0 bridgehead atoms. The summed E-state index contributed by atoms with van der Waals surface area (Å²) in [6, 6.07) is 17.2. The second-order valence-electron chi connectivity index (χ2n) is 10.3. The number of likely N-dealkylation sites (tertiary alicyclic amines) is 1. The zero-order valence-electron chi connectivity index (χ0n) is 21.6. The highest BCUT2D eigenvalue weighted by Crippen LogP contribution is 2.28. The van der Waals surface area contributed by atoms with E-state index in [2.05, 4.69) is 10.0 Å². The SMILES string of the molecule is Cc1cccc(NC(=O)c2ccc(S(=O)(=O)NC3CCN(C(=O)OC(C)(C)C)CC3)c3ccccc23)c1. The van der Waals surface area contributed by atoms with Crippen LogP contribution in [-0.4, -0.2) is 50.1 Å². The number of ether oxygens (including phenoxy) is 1. The summed E-state index contributed by atoms with van der Waals surface area (Å²) in [4.78, 5) is 27.1. The van der Waals surface area contributed by atoms with Crippen LogP contribution < -0.4 is 10.0 Å². The Kier molecular flexibility index (Phi) is 7.57. The molecule has 1 fully saturated rings. The Morgan fingerprint density at radius 1 is 0.946 bits per heavy atom. The van der Waals surface area contributed by atoms with Crippen molar-refractivity contribution >= 4 is 38.5 Å². The van der Waals surface area contributed by atoms with Crippen molar-refractivity contribution in [2.75, 3.05) is 18.4 Å². The lowest BCUT2D eigenvalue weighted by Gasteiger charge is -2.33. The summed E-state index contributed by atoms with van der Waals surface area (Å²) in [6.07, 6.45) is 0.570. The number of rotatable bonds is 5. The van der Waals surface area contributed by atoms with E-state index < -0.39 is 15.6 Å². The number of anilines is 1. The van der Waals surface area contributed by atoms with Gasteiger partial charge in [0.2, 0.25) is 10.0 Å². The maximum Gasteiger partial charge on any atom is 0.410 e. The molecule has 0 spiro atoms. The Labute approximate surface area is 218 Å². The normalized spacial score (nSPS) is 15.0. The van der Waals surface area contributed by atoms with E-state index in [1.54, 1.807) is 35.2 Å². The molecule has 1 saturated heterocycles. The number of hydrogen-bond acceptors (Lipinski definition) is 5. The van der Waals surface area contributed by atoms with Gasteiger partial charge >= 0.3 is 6.09 Å². The van der Waals surface area contributed by atoms with Crippen molar-refractivity contribution in [1.82, 2.24) is 9.62 Å². The van der Waals surface area contributed by atoms with E-state index in [1.165, 1.54) is 6.07 Å². The second-order valence-corrected chi connectivity index (χ2v) is 12.0. The van der Waals surface area contributed by atoms with E-state index in [-0.39, 0.29) is 22.9 Å². The molecule has 3 aromatic rings. The monoisotopic (exact) mass is 523 g/mol. The first-order valence-electron chi connectivity index (χ1n) is 12.3. The molecular weight excluding hydrogens is 490 g/mol. The molecule has 0 aliphatic carbocycles. The molecule has 8 nitrogen and oxygen atoms in total. The number of nitrogens with zero attached hydrogens (tertiary/aromatic N) is 1. The molecule has 0 atom stereocenters. The smallest absolute Gasteiger partial charge is 0.410 e. The fourth-order valence-corrected chi connectivity index (χ4v) is 5.93. The number of benzene rings is 3. The number of amides is 2. The van der Waals surface area contributed by atoms with Crippen molar-refractivity contribution in [1.29, 1.82) is 0 Å². The molecule has 2 N–H and O–H groups in total. The molecule has 0 aromatic heterocycles. The van der Waals surface area contributed by atoms with Gasteiger partial charge in [0.05, 0.1) is 4.90 Å². The zero-order chi connectivity index (χ0) is 26.8. The summed E-state index contributed by atoms with van der Waals surface area (Å²) in [5.74, 6) is -0.312. The van der Waals surface area contributed by atoms with Gasteiger partial charge in [-0.05, 0) is 75.8 Å². The minimum Gasteiger partial charge on any atom is -0.444 e. The zero-order valence-corrected chi connectivity index (χ0v) is 22.4. The fraction of sp³-hybridized carbons (Fsp3) is 0.357. The summed E-state index contributed by atoms with van der Waals surface area (Å²) in [7, 11) is -3.88. The van der Waals surface area contributed by atoms with E-state index in [4.69, 9.17) is 4.74 Å².